The highest BCUT2D eigenvalue weighted by Gasteiger charge is 2.12. The Morgan fingerprint density at radius 3 is 2.82 bits per heavy atom. The lowest BCUT2D eigenvalue weighted by molar-refractivity contribution is -0.114. The van der Waals surface area contributed by atoms with Crippen LogP contribution < -0.4 is 16.0 Å². The van der Waals surface area contributed by atoms with Crippen molar-refractivity contribution in [1.82, 2.24) is 15.0 Å². The Kier molecular flexibility index (Phi) is 6.51. The molecule has 0 aliphatic carbocycles. The Hall–Kier alpha value is -3.04. The molecule has 8 nitrogen and oxygen atoms in total. The fourth-order valence-electron chi connectivity index (χ4n) is 2.52. The normalized spacial score (nSPS) is 10.5. The number of hydrogen-bond donors (Lipinski definition) is 3. The highest BCUT2D eigenvalue weighted by atomic mass is 32.1. The van der Waals surface area contributed by atoms with E-state index in [1.165, 1.54) is 6.92 Å². The molecule has 146 valence electrons. The molecule has 9 heteroatoms. The summed E-state index contributed by atoms with van der Waals surface area (Å²) in [6.45, 7) is 4.75. The summed E-state index contributed by atoms with van der Waals surface area (Å²) in [5.74, 6) is 0.352. The monoisotopic (exact) mass is 398 g/mol. The van der Waals surface area contributed by atoms with E-state index in [2.05, 4.69) is 30.9 Å². The molecule has 0 aliphatic heterocycles. The van der Waals surface area contributed by atoms with Gasteiger partial charge in [0.25, 0.3) is 0 Å². The molecule has 1 aromatic carbocycles. The third-order valence-corrected chi connectivity index (χ3v) is 4.84. The molecular formula is C19H22N6O2S. The van der Waals surface area contributed by atoms with Gasteiger partial charge in [0, 0.05) is 38.1 Å². The Balaban J connectivity index is 1.77. The minimum Gasteiger partial charge on any atom is -0.383 e. The molecule has 3 rings (SSSR count). The number of anilines is 4. The maximum absolute atomic E-state index is 11.2. The number of aromatic nitrogens is 3. The Morgan fingerprint density at radius 1 is 1.21 bits per heavy atom. The summed E-state index contributed by atoms with van der Waals surface area (Å²) in [7, 11) is 1.67. The zero-order chi connectivity index (χ0) is 19.9. The summed E-state index contributed by atoms with van der Waals surface area (Å²) >= 11 is 1.54. The minimum atomic E-state index is -0.119. The number of benzene rings is 1. The fraction of sp³-hybridized carbons (Fsp3) is 0.263. The Bertz CT molecular complexity index is 959. The van der Waals surface area contributed by atoms with Gasteiger partial charge in [0.15, 0.2) is 5.13 Å². The molecular weight excluding hydrogens is 376 g/mol. The van der Waals surface area contributed by atoms with Crippen LogP contribution in [0.25, 0.3) is 10.6 Å². The molecule has 28 heavy (non-hydrogen) atoms. The number of ether oxygens (including phenoxy) is 1. The van der Waals surface area contributed by atoms with E-state index in [-0.39, 0.29) is 5.91 Å². The van der Waals surface area contributed by atoms with Gasteiger partial charge in [-0.3, -0.25) is 4.79 Å². The van der Waals surface area contributed by atoms with E-state index in [9.17, 15) is 4.79 Å². The van der Waals surface area contributed by atoms with Crippen molar-refractivity contribution in [2.45, 2.75) is 13.8 Å². The molecule has 0 fully saturated rings. The number of hydrogen-bond acceptors (Lipinski definition) is 8. The number of rotatable bonds is 8. The topological polar surface area (TPSA) is 101 Å². The molecule has 0 aliphatic rings. The average Bonchev–Trinajstić information content (AvgIpc) is 3.02. The van der Waals surface area contributed by atoms with Crippen molar-refractivity contribution in [2.24, 2.45) is 0 Å². The van der Waals surface area contributed by atoms with Crippen LogP contribution in [0.2, 0.25) is 0 Å². The largest absolute Gasteiger partial charge is 0.383 e. The van der Waals surface area contributed by atoms with Crippen molar-refractivity contribution in [3.05, 3.63) is 42.2 Å². The van der Waals surface area contributed by atoms with E-state index in [1.807, 2.05) is 37.3 Å². The van der Waals surface area contributed by atoms with Crippen LogP contribution in [0.5, 0.6) is 0 Å². The van der Waals surface area contributed by atoms with E-state index < -0.39 is 0 Å². The number of nitrogens with one attached hydrogen (secondary N) is 3. The first kappa shape index (κ1) is 19.7. The van der Waals surface area contributed by atoms with Gasteiger partial charge in [0.05, 0.1) is 22.9 Å². The number of aryl methyl sites for hydroxylation is 1. The summed E-state index contributed by atoms with van der Waals surface area (Å²) in [5, 5.41) is 10.0. The minimum absolute atomic E-state index is 0.119. The van der Waals surface area contributed by atoms with Crippen LogP contribution >= 0.6 is 11.3 Å². The van der Waals surface area contributed by atoms with Crippen molar-refractivity contribution in [1.29, 1.82) is 0 Å². The lowest BCUT2D eigenvalue weighted by Crippen LogP contribution is -2.06. The second kappa shape index (κ2) is 9.25. The van der Waals surface area contributed by atoms with Gasteiger partial charge in [-0.1, -0.05) is 17.4 Å². The number of amides is 1. The highest BCUT2D eigenvalue weighted by molar-refractivity contribution is 7.19. The molecule has 0 spiro atoms. The van der Waals surface area contributed by atoms with Gasteiger partial charge in [-0.25, -0.2) is 15.0 Å². The van der Waals surface area contributed by atoms with Gasteiger partial charge in [-0.05, 0) is 31.2 Å². The highest BCUT2D eigenvalue weighted by Crippen LogP contribution is 2.32. The van der Waals surface area contributed by atoms with Crippen molar-refractivity contribution < 1.29 is 9.53 Å². The second-order valence-electron chi connectivity index (χ2n) is 6.01. The fourth-order valence-corrected chi connectivity index (χ4v) is 3.48. The van der Waals surface area contributed by atoms with Gasteiger partial charge in [0.2, 0.25) is 11.9 Å². The first-order valence-electron chi connectivity index (χ1n) is 8.73. The average molecular weight is 398 g/mol. The van der Waals surface area contributed by atoms with Gasteiger partial charge in [-0.2, -0.15) is 0 Å². The zero-order valence-electron chi connectivity index (χ0n) is 15.9. The maximum Gasteiger partial charge on any atom is 0.227 e. The van der Waals surface area contributed by atoms with Gasteiger partial charge < -0.3 is 20.7 Å². The van der Waals surface area contributed by atoms with E-state index >= 15 is 0 Å². The van der Waals surface area contributed by atoms with Crippen LogP contribution in [0.4, 0.5) is 22.5 Å². The van der Waals surface area contributed by atoms with Crippen LogP contribution in [0.1, 0.15) is 12.6 Å². The van der Waals surface area contributed by atoms with Crippen LogP contribution in [0.15, 0.2) is 36.5 Å². The summed E-state index contributed by atoms with van der Waals surface area (Å²) < 4.78 is 5.05. The summed E-state index contributed by atoms with van der Waals surface area (Å²) in [4.78, 5) is 25.7. The lowest BCUT2D eigenvalue weighted by atomic mass is 10.2. The van der Waals surface area contributed by atoms with Gasteiger partial charge in [-0.15, -0.1) is 0 Å². The third-order valence-electron chi connectivity index (χ3n) is 3.71. The number of thiazole rings is 1. The van der Waals surface area contributed by atoms with E-state index in [1.54, 1.807) is 24.6 Å². The number of carbonyl (C=O) groups is 1. The van der Waals surface area contributed by atoms with E-state index in [0.29, 0.717) is 24.8 Å². The standard InChI is InChI=1S/C19H22N6O2S/c1-12-17(28-19(22-12)21-9-10-27-3)16-7-8-20-18(25-16)24-15-6-4-5-14(11-15)23-13(2)26/h4-8,11H,9-10H2,1-3H3,(H,21,22)(H,23,26)(H,20,24,25). The van der Waals surface area contributed by atoms with E-state index in [4.69, 9.17) is 4.74 Å². The Labute approximate surface area is 167 Å². The van der Waals surface area contributed by atoms with Crippen LogP contribution in [-0.2, 0) is 9.53 Å². The number of nitrogens with zero attached hydrogens (tertiary/aromatic N) is 3. The molecule has 2 aromatic heterocycles. The second-order valence-corrected chi connectivity index (χ2v) is 7.00. The molecule has 2 heterocycles. The van der Waals surface area contributed by atoms with Crippen molar-refractivity contribution in [3.63, 3.8) is 0 Å². The Morgan fingerprint density at radius 2 is 2.04 bits per heavy atom. The SMILES string of the molecule is COCCNc1nc(C)c(-c2ccnc(Nc3cccc(NC(C)=O)c3)n2)s1. The smallest absolute Gasteiger partial charge is 0.227 e. The molecule has 0 saturated carbocycles. The molecule has 0 bridgehead atoms. The van der Waals surface area contributed by atoms with E-state index in [0.717, 1.165) is 27.1 Å². The van der Waals surface area contributed by atoms with Crippen molar-refractivity contribution >= 4 is 39.7 Å². The van der Waals surface area contributed by atoms with Crippen LogP contribution in [-0.4, -0.2) is 41.1 Å². The molecule has 0 unspecified atom stereocenters. The van der Waals surface area contributed by atoms with Gasteiger partial charge >= 0.3 is 0 Å². The summed E-state index contributed by atoms with van der Waals surface area (Å²) in [6.07, 6.45) is 1.71. The van der Waals surface area contributed by atoms with Crippen LogP contribution in [0.3, 0.4) is 0 Å². The zero-order valence-corrected chi connectivity index (χ0v) is 16.8. The quantitative estimate of drug-likeness (QED) is 0.498. The third kappa shape index (κ3) is 5.24. The maximum atomic E-state index is 11.2. The molecule has 0 atom stereocenters. The lowest BCUT2D eigenvalue weighted by Gasteiger charge is -2.08. The van der Waals surface area contributed by atoms with Gasteiger partial charge in [0.1, 0.15) is 0 Å². The predicted molar refractivity (Wildman–Crippen MR) is 112 cm³/mol. The van der Waals surface area contributed by atoms with Crippen molar-refractivity contribution in [2.75, 3.05) is 36.2 Å². The van der Waals surface area contributed by atoms with Crippen molar-refractivity contribution in [3.8, 4) is 10.6 Å². The predicted octanol–water partition coefficient (Wildman–Crippen LogP) is 3.67. The molecule has 0 saturated heterocycles. The van der Waals surface area contributed by atoms with Crippen LogP contribution in [0, 0.1) is 6.92 Å². The number of methoxy groups -OCH3 is 1. The molecule has 3 N–H and O–H groups in total. The first-order valence-corrected chi connectivity index (χ1v) is 9.55. The molecule has 1 amide bonds. The number of carbonyl (C=O) groups excluding carboxylic acids is 1. The summed E-state index contributed by atoms with van der Waals surface area (Å²) in [5.41, 5.74) is 3.19. The molecule has 0 radical (unpaired) electrons. The summed E-state index contributed by atoms with van der Waals surface area (Å²) in [6, 6.07) is 9.24. The molecule has 3 aromatic rings. The first-order chi connectivity index (χ1) is 13.5.